The van der Waals surface area contributed by atoms with E-state index in [1.165, 1.54) is 38.5 Å². The molecule has 0 aliphatic heterocycles. The van der Waals surface area contributed by atoms with Gasteiger partial charge in [-0.3, -0.25) is 4.79 Å². The zero-order chi connectivity index (χ0) is 28.5. The average molecular weight is 539 g/mol. The predicted octanol–water partition coefficient (Wildman–Crippen LogP) is 6.22. The Morgan fingerprint density at radius 3 is 1.89 bits per heavy atom. The smallest absolute Gasteiger partial charge is 0.362 e. The van der Waals surface area contributed by atoms with Crippen molar-refractivity contribution in [2.45, 2.75) is 109 Å². The van der Waals surface area contributed by atoms with Crippen LogP contribution in [0.5, 0.6) is 0 Å². The van der Waals surface area contributed by atoms with Crippen molar-refractivity contribution in [2.75, 3.05) is 41.0 Å². The highest BCUT2D eigenvalue weighted by Gasteiger charge is 2.30. The number of likely N-dealkylation sites (N-methyl/N-ethyl adjacent to an activating group) is 1. The minimum atomic E-state index is -0.911. The number of allylic oxidation sites excluding steroid dienone is 6. The van der Waals surface area contributed by atoms with Crippen LogP contribution in [0.15, 0.2) is 36.5 Å². The Balaban J connectivity index is 3.63. The van der Waals surface area contributed by atoms with E-state index in [1.807, 2.05) is 21.1 Å². The molecule has 0 spiro atoms. The molecule has 0 aromatic carbocycles. The molecule has 0 fully saturated rings. The van der Waals surface area contributed by atoms with Gasteiger partial charge in [-0.15, -0.1) is 0 Å². The van der Waals surface area contributed by atoms with E-state index in [2.05, 4.69) is 43.4 Å². The quantitative estimate of drug-likeness (QED) is 0.0621. The third kappa shape index (κ3) is 23.2. The number of ether oxygens (including phenoxy) is 2. The fourth-order valence-corrected chi connectivity index (χ4v) is 3.97. The van der Waals surface area contributed by atoms with Gasteiger partial charge in [0.05, 0.1) is 34.4 Å². The van der Waals surface area contributed by atoms with Crippen LogP contribution in [-0.2, 0) is 19.1 Å². The van der Waals surface area contributed by atoms with Gasteiger partial charge in [0.15, 0.2) is 6.04 Å². The van der Waals surface area contributed by atoms with E-state index in [1.54, 1.807) is 0 Å². The summed E-state index contributed by atoms with van der Waals surface area (Å²) < 4.78 is 10.8. The topological polar surface area (TPSA) is 93.1 Å². The Hall–Kier alpha value is -1.96. The first-order chi connectivity index (χ1) is 18.2. The molecule has 0 amide bonds. The van der Waals surface area contributed by atoms with E-state index in [9.17, 15) is 19.8 Å². The molecule has 220 valence electrons. The average Bonchev–Trinajstić information content (AvgIpc) is 2.85. The van der Waals surface area contributed by atoms with Gasteiger partial charge in [0.1, 0.15) is 12.7 Å². The number of nitrogens with zero attached hydrogens (tertiary/aromatic N) is 1. The number of quaternary nitrogens is 1. The third-order valence-corrected chi connectivity index (χ3v) is 6.33. The lowest BCUT2D eigenvalue weighted by Crippen LogP contribution is -2.50. The second-order valence-electron chi connectivity index (χ2n) is 10.9. The monoisotopic (exact) mass is 538 g/mol. The van der Waals surface area contributed by atoms with Crippen LogP contribution in [0, 0.1) is 0 Å². The molecule has 7 nitrogen and oxygen atoms in total. The first kappa shape index (κ1) is 36.0. The van der Waals surface area contributed by atoms with E-state index in [4.69, 9.17) is 9.47 Å². The lowest BCUT2D eigenvalue weighted by molar-refractivity contribution is -0.887. The summed E-state index contributed by atoms with van der Waals surface area (Å²) in [6, 6.07) is -0.578. The summed E-state index contributed by atoms with van der Waals surface area (Å²) in [5.41, 5.74) is 0. The Bertz CT molecular complexity index is 680. The second-order valence-corrected chi connectivity index (χ2v) is 10.9. The van der Waals surface area contributed by atoms with Gasteiger partial charge in [-0.1, -0.05) is 88.3 Å². The molecule has 0 saturated heterocycles. The van der Waals surface area contributed by atoms with Crippen LogP contribution < -0.4 is 0 Å². The van der Waals surface area contributed by atoms with E-state index in [0.717, 1.165) is 38.5 Å². The molecule has 0 aliphatic carbocycles. The molecule has 2 atom stereocenters. The summed E-state index contributed by atoms with van der Waals surface area (Å²) >= 11 is 0. The molecule has 0 aromatic rings. The van der Waals surface area contributed by atoms with E-state index < -0.39 is 18.1 Å². The van der Waals surface area contributed by atoms with Crippen LogP contribution in [0.2, 0.25) is 0 Å². The zero-order valence-electron chi connectivity index (χ0n) is 24.6. The van der Waals surface area contributed by atoms with Gasteiger partial charge >= 0.3 is 11.9 Å². The summed E-state index contributed by atoms with van der Waals surface area (Å²) in [5, 5.41) is 19.2. The van der Waals surface area contributed by atoms with E-state index in [-0.39, 0.29) is 25.8 Å². The summed E-state index contributed by atoms with van der Waals surface area (Å²) in [6.45, 7) is 2.37. The SMILES string of the molecule is CCCCCCC/C=C/C=C/C=C/CCCCCCCC(=O)OCC(O)COCCC(C(=O)O)[N+](C)(C)C. The zero-order valence-corrected chi connectivity index (χ0v) is 24.6. The highest BCUT2D eigenvalue weighted by atomic mass is 16.5. The fraction of sp³-hybridized carbons (Fsp3) is 0.742. The highest BCUT2D eigenvalue weighted by Crippen LogP contribution is 2.10. The minimum absolute atomic E-state index is 0.0108. The molecule has 2 unspecified atom stereocenters. The molecule has 38 heavy (non-hydrogen) atoms. The van der Waals surface area contributed by atoms with Gasteiger partial charge in [-0.2, -0.15) is 0 Å². The van der Waals surface area contributed by atoms with Crippen molar-refractivity contribution in [3.05, 3.63) is 36.5 Å². The number of carboxylic acids is 1. The molecule has 0 saturated carbocycles. The number of carbonyl (C=O) groups excluding carboxylic acids is 1. The highest BCUT2D eigenvalue weighted by molar-refractivity contribution is 5.72. The standard InChI is InChI=1S/C31H55NO6/c1-5-6-7-8-9-10-11-12-13-14-15-16-17-18-19-20-21-22-23-30(34)38-27-28(33)26-37-25-24-29(31(35)36)32(2,3)4/h11-16,28-29,33H,5-10,17-27H2,1-4H3/p+1/b12-11+,14-13+,16-15+. The van der Waals surface area contributed by atoms with Crippen LogP contribution >= 0.6 is 0 Å². The van der Waals surface area contributed by atoms with Gasteiger partial charge in [0.25, 0.3) is 0 Å². The van der Waals surface area contributed by atoms with Gasteiger partial charge in [0, 0.05) is 12.8 Å². The van der Waals surface area contributed by atoms with Crippen molar-refractivity contribution in [2.24, 2.45) is 0 Å². The van der Waals surface area contributed by atoms with Crippen LogP contribution in [0.25, 0.3) is 0 Å². The minimum Gasteiger partial charge on any atom is -0.477 e. The molecule has 0 bridgehead atoms. The third-order valence-electron chi connectivity index (χ3n) is 6.33. The van der Waals surface area contributed by atoms with Crippen molar-refractivity contribution in [1.82, 2.24) is 0 Å². The molecule has 0 aliphatic rings. The van der Waals surface area contributed by atoms with Crippen LogP contribution in [0.3, 0.4) is 0 Å². The second kappa shape index (κ2) is 24.1. The lowest BCUT2D eigenvalue weighted by atomic mass is 10.1. The Labute approximate surface area is 232 Å². The molecule has 2 N–H and O–H groups in total. The fourth-order valence-electron chi connectivity index (χ4n) is 3.97. The lowest BCUT2D eigenvalue weighted by Gasteiger charge is -2.31. The summed E-state index contributed by atoms with van der Waals surface area (Å²) in [5.74, 6) is -1.18. The van der Waals surface area contributed by atoms with E-state index in [0.29, 0.717) is 17.3 Å². The van der Waals surface area contributed by atoms with Crippen molar-refractivity contribution >= 4 is 11.9 Å². The van der Waals surface area contributed by atoms with Crippen LogP contribution in [0.1, 0.15) is 96.8 Å². The molecule has 0 heterocycles. The van der Waals surface area contributed by atoms with Crippen molar-refractivity contribution in [3.63, 3.8) is 0 Å². The van der Waals surface area contributed by atoms with Crippen LogP contribution in [0.4, 0.5) is 0 Å². The van der Waals surface area contributed by atoms with Gasteiger partial charge < -0.3 is 24.2 Å². The number of aliphatic hydroxyl groups is 1. The van der Waals surface area contributed by atoms with Crippen LogP contribution in [-0.4, -0.2) is 79.7 Å². The number of rotatable bonds is 25. The number of esters is 1. The normalized spacial score (nSPS) is 14.0. The summed E-state index contributed by atoms with van der Waals surface area (Å²) in [4.78, 5) is 23.2. The maximum atomic E-state index is 11.9. The van der Waals surface area contributed by atoms with Gasteiger partial charge in [-0.05, 0) is 32.1 Å². The number of unbranched alkanes of at least 4 members (excludes halogenated alkanes) is 10. The Kier molecular flexibility index (Phi) is 22.9. The van der Waals surface area contributed by atoms with Crippen molar-refractivity contribution < 1.29 is 33.8 Å². The Morgan fingerprint density at radius 2 is 1.34 bits per heavy atom. The molecule has 0 radical (unpaired) electrons. The van der Waals surface area contributed by atoms with Crippen molar-refractivity contribution in [3.8, 4) is 0 Å². The first-order valence-corrected chi connectivity index (χ1v) is 14.6. The number of hydrogen-bond acceptors (Lipinski definition) is 5. The predicted molar refractivity (Wildman–Crippen MR) is 155 cm³/mol. The molecule has 0 aromatic heterocycles. The maximum absolute atomic E-state index is 11.9. The van der Waals surface area contributed by atoms with Crippen molar-refractivity contribution in [1.29, 1.82) is 0 Å². The largest absolute Gasteiger partial charge is 0.477 e. The maximum Gasteiger partial charge on any atom is 0.362 e. The number of hydrogen-bond donors (Lipinski definition) is 2. The van der Waals surface area contributed by atoms with Gasteiger partial charge in [0.2, 0.25) is 0 Å². The number of aliphatic carboxylic acids is 1. The summed E-state index contributed by atoms with van der Waals surface area (Å²) in [6.07, 6.45) is 26.7. The molecular formula is C31H56NO6+. The molecule has 0 rings (SSSR count). The number of carbonyl (C=O) groups is 2. The molecule has 7 heteroatoms. The van der Waals surface area contributed by atoms with Gasteiger partial charge in [-0.25, -0.2) is 4.79 Å². The number of carboxylic acid groups (broad SMARTS) is 1. The molecular weight excluding hydrogens is 482 g/mol. The first-order valence-electron chi connectivity index (χ1n) is 14.6. The van der Waals surface area contributed by atoms with E-state index >= 15 is 0 Å². The Morgan fingerprint density at radius 1 is 0.789 bits per heavy atom. The number of aliphatic hydroxyl groups excluding tert-OH is 1. The summed E-state index contributed by atoms with van der Waals surface area (Å²) in [7, 11) is 5.46.